The number of H-pyrrole nitrogens is 1. The number of unbranched alkanes of at least 4 members (excludes halogenated alkanes) is 1. The molecule has 0 bridgehead atoms. The maximum Gasteiger partial charge on any atom is 0.314 e. The molecule has 0 saturated carbocycles. The van der Waals surface area contributed by atoms with Crippen molar-refractivity contribution in [3.63, 3.8) is 0 Å². The Labute approximate surface area is 151 Å². The molecule has 2 rings (SSSR count). The molecule has 9 heteroatoms. The van der Waals surface area contributed by atoms with Crippen LogP contribution in [-0.4, -0.2) is 38.1 Å². The van der Waals surface area contributed by atoms with E-state index in [0.29, 0.717) is 17.9 Å². The predicted octanol–water partition coefficient (Wildman–Crippen LogP) is 1.24. The van der Waals surface area contributed by atoms with Gasteiger partial charge >= 0.3 is 11.8 Å². The average molecular weight is 360 g/mol. The number of aromatic nitrogens is 4. The molecule has 0 aliphatic heterocycles. The monoisotopic (exact) mass is 360 g/mol. The van der Waals surface area contributed by atoms with E-state index in [0.717, 1.165) is 12.8 Å². The molecule has 2 amide bonds. The van der Waals surface area contributed by atoms with Gasteiger partial charge in [0.15, 0.2) is 0 Å². The summed E-state index contributed by atoms with van der Waals surface area (Å²) >= 11 is 0. The van der Waals surface area contributed by atoms with E-state index in [1.54, 1.807) is 13.0 Å². The van der Waals surface area contributed by atoms with Crippen molar-refractivity contribution in [1.82, 2.24) is 25.1 Å². The molecule has 0 spiro atoms. The Morgan fingerprint density at radius 3 is 2.65 bits per heavy atom. The Morgan fingerprint density at radius 2 is 2.00 bits per heavy atom. The fourth-order valence-electron chi connectivity index (χ4n) is 2.24. The van der Waals surface area contributed by atoms with Crippen molar-refractivity contribution in [2.75, 3.05) is 11.9 Å². The molecule has 2 aromatic rings. The third-order valence-electron chi connectivity index (χ3n) is 3.64. The fourth-order valence-corrected chi connectivity index (χ4v) is 2.24. The predicted molar refractivity (Wildman–Crippen MR) is 97.4 cm³/mol. The van der Waals surface area contributed by atoms with Gasteiger partial charge in [-0.05, 0) is 19.3 Å². The van der Waals surface area contributed by atoms with Crippen LogP contribution in [0.3, 0.4) is 0 Å². The van der Waals surface area contributed by atoms with Gasteiger partial charge in [0.25, 0.3) is 5.56 Å². The molecule has 0 radical (unpaired) electrons. The first-order valence-corrected chi connectivity index (χ1v) is 8.59. The number of hydrogen-bond acceptors (Lipinski definition) is 5. The molecular weight excluding hydrogens is 336 g/mol. The van der Waals surface area contributed by atoms with Crippen molar-refractivity contribution in [3.05, 3.63) is 33.9 Å². The highest BCUT2D eigenvalue weighted by Crippen LogP contribution is 2.16. The third-order valence-corrected chi connectivity index (χ3v) is 3.64. The summed E-state index contributed by atoms with van der Waals surface area (Å²) in [4.78, 5) is 42.8. The van der Waals surface area contributed by atoms with Crippen molar-refractivity contribution in [2.45, 2.75) is 46.5 Å². The Kier molecular flexibility index (Phi) is 6.26. The maximum absolute atomic E-state index is 12.1. The van der Waals surface area contributed by atoms with Crippen LogP contribution in [0.4, 0.5) is 5.82 Å². The second kappa shape index (κ2) is 8.41. The topological polar surface area (TPSA) is 122 Å². The zero-order valence-electron chi connectivity index (χ0n) is 15.4. The number of nitrogens with one attached hydrogen (secondary N) is 3. The first-order chi connectivity index (χ1) is 12.3. The summed E-state index contributed by atoms with van der Waals surface area (Å²) in [5.74, 6) is -1.04. The van der Waals surface area contributed by atoms with E-state index in [9.17, 15) is 14.4 Å². The van der Waals surface area contributed by atoms with Crippen LogP contribution in [-0.2, 0) is 9.59 Å². The van der Waals surface area contributed by atoms with Crippen LogP contribution in [0, 0.1) is 6.92 Å². The van der Waals surface area contributed by atoms with Gasteiger partial charge in [0.2, 0.25) is 5.95 Å². The molecule has 0 unspecified atom stereocenters. The van der Waals surface area contributed by atoms with E-state index >= 15 is 0 Å². The van der Waals surface area contributed by atoms with Crippen molar-refractivity contribution < 1.29 is 9.59 Å². The quantitative estimate of drug-likeness (QED) is 0.528. The van der Waals surface area contributed by atoms with Crippen LogP contribution in [0.15, 0.2) is 16.9 Å². The number of aromatic amines is 1. The average Bonchev–Trinajstić information content (AvgIpc) is 2.94. The number of amides is 2. The Hall–Kier alpha value is -2.97. The number of nitrogens with zero attached hydrogens (tertiary/aromatic N) is 3. The zero-order chi connectivity index (χ0) is 19.3. The van der Waals surface area contributed by atoms with Crippen LogP contribution in [0.1, 0.15) is 50.9 Å². The van der Waals surface area contributed by atoms with E-state index in [1.165, 1.54) is 10.7 Å². The molecular formula is C17H24N6O3. The molecule has 0 aliphatic carbocycles. The first kappa shape index (κ1) is 19.4. The lowest BCUT2D eigenvalue weighted by atomic mass is 10.1. The summed E-state index contributed by atoms with van der Waals surface area (Å²) in [5, 5.41) is 9.31. The summed E-state index contributed by atoms with van der Waals surface area (Å²) in [6, 6.07) is 3.02. The largest absolute Gasteiger partial charge is 0.348 e. The van der Waals surface area contributed by atoms with Crippen molar-refractivity contribution in [3.8, 4) is 5.95 Å². The molecule has 9 nitrogen and oxygen atoms in total. The van der Waals surface area contributed by atoms with Gasteiger partial charge in [-0.2, -0.15) is 9.78 Å². The van der Waals surface area contributed by atoms with Gasteiger partial charge in [-0.3, -0.25) is 19.4 Å². The molecule has 0 saturated heterocycles. The number of hydrogen-bond donors (Lipinski definition) is 3. The molecule has 2 aromatic heterocycles. The summed E-state index contributed by atoms with van der Waals surface area (Å²) in [6.07, 6.45) is 1.71. The summed E-state index contributed by atoms with van der Waals surface area (Å²) in [5.41, 5.74) is 0.886. The molecule has 0 atom stereocenters. The molecule has 0 fully saturated rings. The highest BCUT2D eigenvalue weighted by molar-refractivity contribution is 6.39. The Morgan fingerprint density at radius 1 is 1.27 bits per heavy atom. The second-order valence-electron chi connectivity index (χ2n) is 6.29. The molecule has 3 N–H and O–H groups in total. The highest BCUT2D eigenvalue weighted by Gasteiger charge is 2.18. The number of anilines is 1. The van der Waals surface area contributed by atoms with Gasteiger partial charge in [0.05, 0.1) is 11.4 Å². The number of carbonyl (C=O) groups is 2. The fraction of sp³-hybridized carbons (Fsp3) is 0.471. The molecule has 26 heavy (non-hydrogen) atoms. The van der Waals surface area contributed by atoms with Gasteiger partial charge in [0, 0.05) is 18.7 Å². The van der Waals surface area contributed by atoms with Gasteiger partial charge in [-0.25, -0.2) is 4.98 Å². The molecule has 2 heterocycles. The normalized spacial score (nSPS) is 10.8. The van der Waals surface area contributed by atoms with Crippen molar-refractivity contribution in [2.24, 2.45) is 0 Å². The van der Waals surface area contributed by atoms with Gasteiger partial charge in [0.1, 0.15) is 5.82 Å². The van der Waals surface area contributed by atoms with E-state index in [1.807, 2.05) is 20.8 Å². The smallest absolute Gasteiger partial charge is 0.314 e. The lowest BCUT2D eigenvalue weighted by Crippen LogP contribution is -2.36. The first-order valence-electron chi connectivity index (χ1n) is 8.59. The number of carbonyl (C=O) groups excluding carboxylic acids is 2. The summed E-state index contributed by atoms with van der Waals surface area (Å²) in [7, 11) is 0. The van der Waals surface area contributed by atoms with E-state index < -0.39 is 11.8 Å². The SMILES string of the molecule is CCCCNC(=O)C(=O)Nc1cc(C)nn1-c1nc(C(C)C)cc(=O)[nH]1. The van der Waals surface area contributed by atoms with Gasteiger partial charge in [-0.1, -0.05) is 27.2 Å². The van der Waals surface area contributed by atoms with Crippen molar-refractivity contribution >= 4 is 17.6 Å². The maximum atomic E-state index is 12.1. The zero-order valence-corrected chi connectivity index (χ0v) is 15.4. The van der Waals surface area contributed by atoms with E-state index in [-0.39, 0.29) is 23.2 Å². The van der Waals surface area contributed by atoms with Crippen LogP contribution in [0.5, 0.6) is 0 Å². The number of rotatable bonds is 6. The summed E-state index contributed by atoms with van der Waals surface area (Å²) in [6.45, 7) is 8.00. The lowest BCUT2D eigenvalue weighted by molar-refractivity contribution is -0.136. The van der Waals surface area contributed by atoms with Crippen molar-refractivity contribution in [1.29, 1.82) is 0 Å². The minimum Gasteiger partial charge on any atom is -0.348 e. The van der Waals surface area contributed by atoms with Crippen LogP contribution >= 0.6 is 0 Å². The Bertz CT molecular complexity index is 852. The van der Waals surface area contributed by atoms with Gasteiger partial charge in [-0.15, -0.1) is 0 Å². The minimum atomic E-state index is -0.801. The Balaban J connectivity index is 2.27. The lowest BCUT2D eigenvalue weighted by Gasteiger charge is -2.10. The van der Waals surface area contributed by atoms with E-state index in [4.69, 9.17) is 0 Å². The van der Waals surface area contributed by atoms with Gasteiger partial charge < -0.3 is 10.6 Å². The highest BCUT2D eigenvalue weighted by atomic mass is 16.2. The third kappa shape index (κ3) is 4.78. The second-order valence-corrected chi connectivity index (χ2v) is 6.29. The molecule has 0 aliphatic rings. The number of aryl methyl sites for hydroxylation is 1. The molecule has 0 aromatic carbocycles. The molecule has 140 valence electrons. The summed E-state index contributed by atoms with van der Waals surface area (Å²) < 4.78 is 1.31. The van der Waals surface area contributed by atoms with Crippen LogP contribution in [0.25, 0.3) is 5.95 Å². The minimum absolute atomic E-state index is 0.0510. The van der Waals surface area contributed by atoms with E-state index in [2.05, 4.69) is 25.7 Å². The van der Waals surface area contributed by atoms with Crippen LogP contribution < -0.4 is 16.2 Å². The van der Waals surface area contributed by atoms with Crippen LogP contribution in [0.2, 0.25) is 0 Å². The standard InChI is InChI=1S/C17H24N6O3/c1-5-6-7-18-15(25)16(26)20-13-8-11(4)22-23(13)17-19-12(10(2)3)9-14(24)21-17/h8-10H,5-7H2,1-4H3,(H,18,25)(H,20,26)(H,19,21,24).